The average molecular weight is 250 g/mol. The van der Waals surface area contributed by atoms with Gasteiger partial charge in [0.15, 0.2) is 5.82 Å². The lowest BCUT2D eigenvalue weighted by Gasteiger charge is -2.18. The first-order chi connectivity index (χ1) is 8.42. The lowest BCUT2D eigenvalue weighted by Crippen LogP contribution is -2.30. The van der Waals surface area contributed by atoms with Crippen LogP contribution in [-0.4, -0.2) is 41.5 Å². The zero-order chi connectivity index (χ0) is 13.3. The van der Waals surface area contributed by atoms with E-state index in [1.807, 2.05) is 6.92 Å². The predicted molar refractivity (Wildman–Crippen MR) is 61.6 cm³/mol. The molecule has 0 aliphatic heterocycles. The molecule has 0 radical (unpaired) electrons. The third kappa shape index (κ3) is 2.08. The Morgan fingerprint density at radius 2 is 2.28 bits per heavy atom. The van der Waals surface area contributed by atoms with Crippen molar-refractivity contribution >= 4 is 5.97 Å². The molecule has 0 saturated carbocycles. The van der Waals surface area contributed by atoms with Crippen LogP contribution in [0.1, 0.15) is 19.5 Å². The molecule has 18 heavy (non-hydrogen) atoms. The maximum atomic E-state index is 11.1. The molecular weight excluding hydrogens is 236 g/mol. The first-order valence-electron chi connectivity index (χ1n) is 5.42. The summed E-state index contributed by atoms with van der Waals surface area (Å²) >= 11 is 0. The number of hydrogen-bond acceptors (Lipinski definition) is 5. The number of tetrazole rings is 1. The van der Waals surface area contributed by atoms with Crippen LogP contribution < -0.4 is 0 Å². The molecule has 0 aliphatic rings. The minimum absolute atomic E-state index is 0.190. The molecule has 96 valence electrons. The molecule has 2 heterocycles. The molecule has 0 fully saturated rings. The summed E-state index contributed by atoms with van der Waals surface area (Å²) in [4.78, 5) is 11.1. The van der Waals surface area contributed by atoms with E-state index in [0.717, 1.165) is 11.3 Å². The van der Waals surface area contributed by atoms with Crippen LogP contribution in [-0.2, 0) is 11.3 Å². The van der Waals surface area contributed by atoms with Gasteiger partial charge in [-0.25, -0.2) is 4.68 Å². The zero-order valence-corrected chi connectivity index (χ0v) is 10.4. The Bertz CT molecular complexity index is 570. The molecule has 8 nitrogen and oxygen atoms in total. The number of aromatic nitrogens is 6. The smallest absolute Gasteiger partial charge is 0.310 e. The molecule has 0 atom stereocenters. The van der Waals surface area contributed by atoms with E-state index in [1.165, 1.54) is 4.68 Å². The number of hydrogen-bond donors (Lipinski definition) is 2. The third-order valence-electron chi connectivity index (χ3n) is 2.73. The summed E-state index contributed by atoms with van der Waals surface area (Å²) in [7, 11) is 0. The van der Waals surface area contributed by atoms with Crippen molar-refractivity contribution < 1.29 is 9.90 Å². The highest BCUT2D eigenvalue weighted by Crippen LogP contribution is 2.23. The second kappa shape index (κ2) is 4.21. The number of H-pyrrole nitrogens is 1. The minimum Gasteiger partial charge on any atom is -0.481 e. The first-order valence-corrected chi connectivity index (χ1v) is 5.42. The van der Waals surface area contributed by atoms with Crippen molar-refractivity contribution in [1.82, 2.24) is 30.4 Å². The van der Waals surface area contributed by atoms with E-state index in [2.05, 4.69) is 25.7 Å². The van der Waals surface area contributed by atoms with E-state index in [0.29, 0.717) is 5.82 Å². The molecule has 2 N–H and O–H groups in total. The molecule has 2 rings (SSSR count). The molecule has 0 unspecified atom stereocenters. The molecule has 0 aliphatic carbocycles. The summed E-state index contributed by atoms with van der Waals surface area (Å²) in [6, 6.07) is 0. The number of carbonyl (C=O) groups is 1. The highest BCUT2D eigenvalue weighted by molar-refractivity contribution is 5.73. The number of aromatic amines is 1. The van der Waals surface area contributed by atoms with E-state index >= 15 is 0 Å². The Kier molecular flexibility index (Phi) is 2.85. The summed E-state index contributed by atoms with van der Waals surface area (Å²) in [5.41, 5.74) is 0.655. The normalized spacial score (nSPS) is 11.7. The van der Waals surface area contributed by atoms with Crippen molar-refractivity contribution in [3.8, 4) is 11.4 Å². The van der Waals surface area contributed by atoms with Crippen molar-refractivity contribution in [3.63, 3.8) is 0 Å². The predicted octanol–water partition coefficient (Wildman–Crippen LogP) is 0.482. The number of nitrogens with zero attached hydrogens (tertiary/aromatic N) is 5. The lowest BCUT2D eigenvalue weighted by molar-refractivity contribution is -0.147. The highest BCUT2D eigenvalue weighted by Gasteiger charge is 2.30. The Morgan fingerprint density at radius 1 is 1.56 bits per heavy atom. The summed E-state index contributed by atoms with van der Waals surface area (Å²) < 4.78 is 1.48. The standard InChI is InChI=1S/C10H14N6O2/c1-6-7(4-11-12-6)8-13-14-15-16(8)5-10(2,3)9(17)18/h4H,5H2,1-3H3,(H,11,12)(H,17,18). The Morgan fingerprint density at radius 3 is 2.83 bits per heavy atom. The van der Waals surface area contributed by atoms with Gasteiger partial charge in [-0.3, -0.25) is 9.89 Å². The van der Waals surface area contributed by atoms with Crippen molar-refractivity contribution in [2.75, 3.05) is 0 Å². The summed E-state index contributed by atoms with van der Waals surface area (Å²) in [6.07, 6.45) is 1.62. The minimum atomic E-state index is -0.943. The zero-order valence-electron chi connectivity index (χ0n) is 10.4. The van der Waals surface area contributed by atoms with Gasteiger partial charge in [0, 0.05) is 5.69 Å². The fourth-order valence-corrected chi connectivity index (χ4v) is 1.52. The monoisotopic (exact) mass is 250 g/mol. The molecule has 0 aromatic carbocycles. The van der Waals surface area contributed by atoms with Gasteiger partial charge in [0.1, 0.15) is 0 Å². The van der Waals surface area contributed by atoms with E-state index in [4.69, 9.17) is 5.11 Å². The van der Waals surface area contributed by atoms with E-state index in [1.54, 1.807) is 20.0 Å². The van der Waals surface area contributed by atoms with Gasteiger partial charge < -0.3 is 5.11 Å². The molecule has 2 aromatic rings. The Labute approximate surface area is 103 Å². The quantitative estimate of drug-likeness (QED) is 0.816. The largest absolute Gasteiger partial charge is 0.481 e. The molecule has 2 aromatic heterocycles. The van der Waals surface area contributed by atoms with Gasteiger partial charge in [-0.1, -0.05) is 0 Å². The van der Waals surface area contributed by atoms with Crippen molar-refractivity contribution in [2.45, 2.75) is 27.3 Å². The van der Waals surface area contributed by atoms with Gasteiger partial charge >= 0.3 is 5.97 Å². The van der Waals surface area contributed by atoms with E-state index in [9.17, 15) is 4.79 Å². The number of rotatable bonds is 4. The van der Waals surface area contributed by atoms with Crippen LogP contribution in [0.2, 0.25) is 0 Å². The van der Waals surface area contributed by atoms with Gasteiger partial charge in [0.25, 0.3) is 0 Å². The molecular formula is C10H14N6O2. The van der Waals surface area contributed by atoms with Gasteiger partial charge in [-0.2, -0.15) is 5.10 Å². The number of nitrogens with one attached hydrogen (secondary N) is 1. The molecule has 0 bridgehead atoms. The fourth-order valence-electron chi connectivity index (χ4n) is 1.52. The third-order valence-corrected chi connectivity index (χ3v) is 2.73. The number of carboxylic acids is 1. The van der Waals surface area contributed by atoms with Crippen molar-refractivity contribution in [1.29, 1.82) is 0 Å². The van der Waals surface area contributed by atoms with E-state index < -0.39 is 11.4 Å². The first kappa shape index (κ1) is 12.2. The average Bonchev–Trinajstić information content (AvgIpc) is 2.86. The highest BCUT2D eigenvalue weighted by atomic mass is 16.4. The topological polar surface area (TPSA) is 110 Å². The summed E-state index contributed by atoms with van der Waals surface area (Å²) in [5, 5.41) is 27.1. The van der Waals surface area contributed by atoms with Crippen LogP contribution in [0.5, 0.6) is 0 Å². The molecule has 8 heteroatoms. The SMILES string of the molecule is Cc1[nH]ncc1-c1nnnn1CC(C)(C)C(=O)O. The molecule has 0 saturated heterocycles. The fraction of sp³-hybridized carbons (Fsp3) is 0.500. The Balaban J connectivity index is 2.35. The maximum Gasteiger partial charge on any atom is 0.310 e. The molecule has 0 amide bonds. The molecule has 0 spiro atoms. The van der Waals surface area contributed by atoms with E-state index in [-0.39, 0.29) is 6.54 Å². The van der Waals surface area contributed by atoms with Crippen LogP contribution in [0, 0.1) is 12.3 Å². The second-order valence-electron chi connectivity index (χ2n) is 4.76. The maximum absolute atomic E-state index is 11.1. The lowest BCUT2D eigenvalue weighted by atomic mass is 9.94. The summed E-state index contributed by atoms with van der Waals surface area (Å²) in [6.45, 7) is 5.30. The number of carboxylic acid groups (broad SMARTS) is 1. The van der Waals surface area contributed by atoms with Gasteiger partial charge in [0.05, 0.1) is 23.7 Å². The Hall–Kier alpha value is -2.25. The van der Waals surface area contributed by atoms with Crippen LogP contribution in [0.3, 0.4) is 0 Å². The van der Waals surface area contributed by atoms with Gasteiger partial charge in [-0.15, -0.1) is 5.10 Å². The van der Waals surface area contributed by atoms with Crippen LogP contribution in [0.4, 0.5) is 0 Å². The number of aryl methyl sites for hydroxylation is 1. The van der Waals surface area contributed by atoms with Gasteiger partial charge in [-0.05, 0) is 31.2 Å². The van der Waals surface area contributed by atoms with Gasteiger partial charge in [0.2, 0.25) is 0 Å². The van der Waals surface area contributed by atoms with Crippen molar-refractivity contribution in [3.05, 3.63) is 11.9 Å². The van der Waals surface area contributed by atoms with Crippen LogP contribution in [0.25, 0.3) is 11.4 Å². The van der Waals surface area contributed by atoms with Crippen LogP contribution >= 0.6 is 0 Å². The second-order valence-corrected chi connectivity index (χ2v) is 4.76. The van der Waals surface area contributed by atoms with Crippen LogP contribution in [0.15, 0.2) is 6.20 Å². The summed E-state index contributed by atoms with van der Waals surface area (Å²) in [5.74, 6) is -0.386. The van der Waals surface area contributed by atoms with Crippen molar-refractivity contribution in [2.24, 2.45) is 5.41 Å². The number of aliphatic carboxylic acids is 1.